The van der Waals surface area contributed by atoms with E-state index < -0.39 is 34.0 Å². The fraction of sp³-hybridized carbons (Fsp3) is 0.314. The summed E-state index contributed by atoms with van der Waals surface area (Å²) in [6, 6.07) is 27.1. The van der Waals surface area contributed by atoms with Crippen LogP contribution in [0.1, 0.15) is 54.1 Å². The summed E-state index contributed by atoms with van der Waals surface area (Å²) in [4.78, 5) is 49.0. The van der Waals surface area contributed by atoms with Crippen LogP contribution in [-0.2, 0) is 20.5 Å². The molecular weight excluding hydrogens is 538 g/mol. The van der Waals surface area contributed by atoms with Crippen molar-refractivity contribution in [2.24, 2.45) is 11.1 Å². The van der Waals surface area contributed by atoms with Crippen LogP contribution in [0.2, 0.25) is 0 Å². The molecule has 5 rings (SSSR count). The molecule has 8 heteroatoms. The van der Waals surface area contributed by atoms with Crippen LogP contribution in [0.4, 0.5) is 0 Å². The number of unbranched alkanes of at least 4 members (excludes halogenated alkanes) is 3. The van der Waals surface area contributed by atoms with Crippen molar-refractivity contribution in [2.75, 3.05) is 20.1 Å². The number of fused-ring (bicyclic) bond motifs is 1. The third-order valence-corrected chi connectivity index (χ3v) is 9.05. The average molecular weight is 576 g/mol. The number of benzene rings is 3. The Balaban J connectivity index is 1.84. The predicted molar refractivity (Wildman–Crippen MR) is 166 cm³/mol. The summed E-state index contributed by atoms with van der Waals surface area (Å²) < 4.78 is 0. The van der Waals surface area contributed by atoms with Crippen LogP contribution in [0, 0.1) is 16.7 Å². The van der Waals surface area contributed by atoms with E-state index in [4.69, 9.17) is 5.73 Å². The van der Waals surface area contributed by atoms with E-state index in [0.717, 1.165) is 25.7 Å². The van der Waals surface area contributed by atoms with Gasteiger partial charge < -0.3 is 16.0 Å². The van der Waals surface area contributed by atoms with Crippen LogP contribution in [0.15, 0.2) is 91.1 Å². The number of para-hydroxylation sites is 1. The van der Waals surface area contributed by atoms with Crippen molar-refractivity contribution in [1.29, 1.82) is 5.26 Å². The Morgan fingerprint density at radius 1 is 0.930 bits per heavy atom. The summed E-state index contributed by atoms with van der Waals surface area (Å²) in [7, 11) is 1.69. The number of H-pyrrole nitrogens is 1. The highest BCUT2D eigenvalue weighted by molar-refractivity contribution is 6.17. The quantitative estimate of drug-likeness (QED) is 0.174. The number of carbonyl (C=O) groups excluding carboxylic acids is 3. The predicted octanol–water partition coefficient (Wildman–Crippen LogP) is 4.82. The molecule has 2 amide bonds. The SMILES string of the molecule is CCCCCCNC(=O)[C@@]1(c2ccccc2)N(C)C[C@](C#N)(C(=O)c2c[nH]c3ccccc23)[C@@]1(C(N)=O)c1ccccc1. The number of nitrogens with zero attached hydrogens (tertiary/aromatic N) is 2. The summed E-state index contributed by atoms with van der Waals surface area (Å²) in [5.41, 5.74) is 2.22. The molecule has 1 saturated heterocycles. The van der Waals surface area contributed by atoms with Crippen molar-refractivity contribution in [3.8, 4) is 6.07 Å². The average Bonchev–Trinajstić information content (AvgIpc) is 3.57. The zero-order chi connectivity index (χ0) is 30.7. The number of primary amides is 1. The molecule has 43 heavy (non-hydrogen) atoms. The molecule has 1 fully saturated rings. The van der Waals surface area contributed by atoms with E-state index in [1.807, 2.05) is 24.3 Å². The lowest BCUT2D eigenvalue weighted by atomic mass is 9.50. The van der Waals surface area contributed by atoms with Crippen molar-refractivity contribution >= 4 is 28.5 Å². The standard InChI is InChI=1S/C35H37N5O3/c1-3-4-5-14-21-38-32(43)35(26-17-10-7-11-18-26)34(31(37)42,25-15-8-6-9-16-25)33(23-36,24-40(35)2)30(41)28-22-39-29-20-13-12-19-27(28)29/h6-13,15-20,22,39H,3-5,14,21,24H2,1-2H3,(H2,37,42)(H,38,43)/t33-,34+,35-/m1/s1. The summed E-state index contributed by atoms with van der Waals surface area (Å²) in [6.07, 6.45) is 5.33. The number of rotatable bonds is 11. The van der Waals surface area contributed by atoms with Crippen LogP contribution >= 0.6 is 0 Å². The van der Waals surface area contributed by atoms with Gasteiger partial charge in [0.1, 0.15) is 11.0 Å². The Morgan fingerprint density at radius 2 is 1.56 bits per heavy atom. The van der Waals surface area contributed by atoms with Gasteiger partial charge in [0, 0.05) is 35.8 Å². The topological polar surface area (TPSA) is 132 Å². The largest absolute Gasteiger partial charge is 0.369 e. The van der Waals surface area contributed by atoms with E-state index in [9.17, 15) is 19.6 Å². The molecule has 0 saturated carbocycles. The fourth-order valence-corrected chi connectivity index (χ4v) is 7.24. The van der Waals surface area contributed by atoms with Gasteiger partial charge in [-0.15, -0.1) is 0 Å². The highest BCUT2D eigenvalue weighted by Crippen LogP contribution is 2.62. The number of nitrogens with one attached hydrogen (secondary N) is 2. The molecule has 4 aromatic rings. The summed E-state index contributed by atoms with van der Waals surface area (Å²) in [6.45, 7) is 2.28. The van der Waals surface area contributed by atoms with E-state index in [1.54, 1.807) is 78.8 Å². The van der Waals surface area contributed by atoms with Crippen LogP contribution in [-0.4, -0.2) is 47.6 Å². The van der Waals surface area contributed by atoms with E-state index in [-0.39, 0.29) is 12.1 Å². The monoisotopic (exact) mass is 575 g/mol. The number of hydrogen-bond donors (Lipinski definition) is 3. The zero-order valence-corrected chi connectivity index (χ0v) is 24.6. The molecule has 0 aliphatic carbocycles. The third kappa shape index (κ3) is 4.26. The highest BCUT2D eigenvalue weighted by atomic mass is 16.2. The van der Waals surface area contributed by atoms with Crippen LogP contribution in [0.25, 0.3) is 10.9 Å². The molecule has 0 bridgehead atoms. The Kier molecular flexibility index (Phi) is 8.21. The number of aromatic amines is 1. The lowest BCUT2D eigenvalue weighted by Crippen LogP contribution is -2.70. The third-order valence-electron chi connectivity index (χ3n) is 9.05. The zero-order valence-electron chi connectivity index (χ0n) is 24.6. The van der Waals surface area contributed by atoms with Gasteiger partial charge >= 0.3 is 0 Å². The first-order chi connectivity index (χ1) is 20.8. The van der Waals surface area contributed by atoms with Gasteiger partial charge in [-0.2, -0.15) is 5.26 Å². The maximum Gasteiger partial charge on any atom is 0.246 e. The normalized spacial score (nSPS) is 23.6. The number of likely N-dealkylation sites (N-methyl/N-ethyl adjacent to an activating group) is 1. The van der Waals surface area contributed by atoms with Crippen LogP contribution in [0.3, 0.4) is 0 Å². The first-order valence-electron chi connectivity index (χ1n) is 14.8. The molecule has 1 aliphatic rings. The van der Waals surface area contributed by atoms with Gasteiger partial charge in [-0.1, -0.05) is 105 Å². The molecule has 220 valence electrons. The van der Waals surface area contributed by atoms with Crippen molar-refractivity contribution in [3.63, 3.8) is 0 Å². The number of aromatic nitrogens is 1. The fourth-order valence-electron chi connectivity index (χ4n) is 7.24. The highest BCUT2D eigenvalue weighted by Gasteiger charge is 2.80. The van der Waals surface area contributed by atoms with Gasteiger partial charge in [0.15, 0.2) is 11.2 Å². The lowest BCUT2D eigenvalue weighted by molar-refractivity contribution is -0.143. The van der Waals surface area contributed by atoms with Gasteiger partial charge in [0.25, 0.3) is 0 Å². The maximum atomic E-state index is 15.0. The Bertz CT molecular complexity index is 1680. The van der Waals surface area contributed by atoms with Crippen molar-refractivity contribution in [1.82, 2.24) is 15.2 Å². The smallest absolute Gasteiger partial charge is 0.246 e. The second-order valence-corrected chi connectivity index (χ2v) is 11.3. The first kappa shape index (κ1) is 29.7. The summed E-state index contributed by atoms with van der Waals surface area (Å²) >= 11 is 0. The number of carbonyl (C=O) groups is 3. The molecule has 0 spiro atoms. The van der Waals surface area contributed by atoms with Gasteiger partial charge in [0.05, 0.1) is 6.07 Å². The number of ketones is 1. The molecule has 0 unspecified atom stereocenters. The number of nitrogens with two attached hydrogens (primary N) is 1. The van der Waals surface area contributed by atoms with E-state index in [2.05, 4.69) is 23.3 Å². The second-order valence-electron chi connectivity index (χ2n) is 11.3. The number of nitriles is 1. The van der Waals surface area contributed by atoms with Crippen LogP contribution < -0.4 is 11.1 Å². The number of hydrogen-bond acceptors (Lipinski definition) is 5. The maximum absolute atomic E-state index is 15.0. The molecule has 8 nitrogen and oxygen atoms in total. The van der Waals surface area contributed by atoms with Gasteiger partial charge in [-0.3, -0.25) is 19.3 Å². The molecule has 3 atom stereocenters. The van der Waals surface area contributed by atoms with E-state index in [0.29, 0.717) is 28.6 Å². The summed E-state index contributed by atoms with van der Waals surface area (Å²) in [5.74, 6) is -1.98. The van der Waals surface area contributed by atoms with Gasteiger partial charge in [-0.05, 0) is 30.7 Å². The molecule has 3 aromatic carbocycles. The van der Waals surface area contributed by atoms with Crippen LogP contribution in [0.5, 0.6) is 0 Å². The molecule has 1 aliphatic heterocycles. The Morgan fingerprint density at radius 3 is 2.19 bits per heavy atom. The van der Waals surface area contributed by atoms with Gasteiger partial charge in [-0.25, -0.2) is 0 Å². The van der Waals surface area contributed by atoms with Crippen molar-refractivity contribution in [3.05, 3.63) is 108 Å². The second kappa shape index (κ2) is 11.9. The molecule has 0 radical (unpaired) electrons. The number of amides is 2. The van der Waals surface area contributed by atoms with Crippen molar-refractivity contribution in [2.45, 2.75) is 43.6 Å². The molecule has 4 N–H and O–H groups in total. The van der Waals surface area contributed by atoms with Crippen molar-refractivity contribution < 1.29 is 14.4 Å². The number of Topliss-reactive ketones (excluding diaryl/α,β-unsaturated/α-hetero) is 1. The number of likely N-dealkylation sites (tertiary alicyclic amines) is 1. The summed E-state index contributed by atoms with van der Waals surface area (Å²) in [5, 5.41) is 14.9. The van der Waals surface area contributed by atoms with Gasteiger partial charge in [0.2, 0.25) is 11.8 Å². The Hall–Kier alpha value is -4.74. The minimum absolute atomic E-state index is 0.210. The van der Waals surface area contributed by atoms with E-state index >= 15 is 0 Å². The minimum Gasteiger partial charge on any atom is -0.369 e. The minimum atomic E-state index is -2.12. The van der Waals surface area contributed by atoms with E-state index in [1.165, 1.54) is 0 Å². The molecular formula is C35H37N5O3. The molecule has 1 aromatic heterocycles. The first-order valence-corrected chi connectivity index (χ1v) is 14.8. The lowest BCUT2D eigenvalue weighted by Gasteiger charge is -2.49. The Labute approximate surface area is 251 Å². The molecule has 2 heterocycles.